The molecule has 0 aliphatic heterocycles. The van der Waals surface area contributed by atoms with Crippen molar-refractivity contribution in [3.63, 3.8) is 0 Å². The Hall–Kier alpha value is -1.37. The van der Waals surface area contributed by atoms with E-state index in [9.17, 15) is 18.6 Å². The minimum absolute atomic E-state index is 0.0693. The highest BCUT2D eigenvalue weighted by Gasteiger charge is 2.46. The number of aliphatic hydroxyl groups excluding tert-OH is 2. The van der Waals surface area contributed by atoms with E-state index in [1.54, 1.807) is 26.8 Å². The Balaban J connectivity index is 1.76. The summed E-state index contributed by atoms with van der Waals surface area (Å²) in [5, 5.41) is 20.1. The summed E-state index contributed by atoms with van der Waals surface area (Å²) >= 11 is 0. The number of allylic oxidation sites excluding steroid dienone is 6. The van der Waals surface area contributed by atoms with Crippen LogP contribution in [0.15, 0.2) is 46.1 Å². The summed E-state index contributed by atoms with van der Waals surface area (Å²) in [6, 6.07) is 0. The van der Waals surface area contributed by atoms with E-state index in [1.807, 2.05) is 0 Å². The first kappa shape index (κ1) is 27.2. The van der Waals surface area contributed by atoms with Gasteiger partial charge in [0, 0.05) is 0 Å². The molecule has 0 bridgehead atoms. The quantitative estimate of drug-likeness (QED) is 0.372. The molecule has 5 nitrogen and oxygen atoms in total. The van der Waals surface area contributed by atoms with Crippen molar-refractivity contribution in [2.24, 2.45) is 17.3 Å². The van der Waals surface area contributed by atoms with Crippen molar-refractivity contribution in [2.75, 3.05) is 7.11 Å². The molecule has 0 heterocycles. The Morgan fingerprint density at radius 2 is 1.88 bits per heavy atom. The first-order valence-electron chi connectivity index (χ1n) is 12.7. The molecule has 0 saturated heterocycles. The third-order valence-electron chi connectivity index (χ3n) is 8.13. The van der Waals surface area contributed by atoms with Crippen LogP contribution in [0.25, 0.3) is 0 Å². The monoisotopic (exact) mass is 492 g/mol. The Bertz CT molecular complexity index is 967. The Morgan fingerprint density at radius 3 is 2.47 bits per heavy atom. The van der Waals surface area contributed by atoms with Crippen LogP contribution >= 0.6 is 0 Å². The summed E-state index contributed by atoms with van der Waals surface area (Å²) in [4.78, 5) is 0. The second-order valence-corrected chi connectivity index (χ2v) is 14.4. The Labute approximate surface area is 206 Å². The Morgan fingerprint density at radius 1 is 1.24 bits per heavy atom. The maximum atomic E-state index is 12.8. The fourth-order valence-corrected chi connectivity index (χ4v) is 7.29. The molecule has 192 valence electrons. The molecule has 34 heavy (non-hydrogen) atoms. The smallest absolute Gasteiger partial charge is 0.215 e. The summed E-state index contributed by atoms with van der Waals surface area (Å²) in [6.45, 7) is 9.66. The Kier molecular flexibility index (Phi) is 8.26. The molecular formula is C28H44O5S. The standard InChI is InChI=1S/C28H44O5S/c1-19(9-14-26(33-6)34(31,32)27(2,3)4)24-12-13-25-21(8-7-15-28(24,25)5)11-10-20-16-22(29)18-23(30)17-20/h10-12,14,19,22-23,25,29-30H,7-9,13,15-18H2,1-6H3/b20-10?,21-11+,26-14+/t19-,22?,23?,25+,28-/m1/s1. The number of rotatable bonds is 6. The normalized spacial score (nSPS) is 32.9. The molecule has 6 heteroatoms. The molecule has 3 rings (SSSR count). The van der Waals surface area contributed by atoms with Gasteiger partial charge in [0.2, 0.25) is 14.9 Å². The van der Waals surface area contributed by atoms with Gasteiger partial charge in [-0.15, -0.1) is 0 Å². The average molecular weight is 493 g/mol. The van der Waals surface area contributed by atoms with E-state index in [-0.39, 0.29) is 16.4 Å². The van der Waals surface area contributed by atoms with Crippen molar-refractivity contribution in [3.05, 3.63) is 46.1 Å². The van der Waals surface area contributed by atoms with Crippen molar-refractivity contribution in [3.8, 4) is 0 Å². The lowest BCUT2D eigenvalue weighted by atomic mass is 9.62. The topological polar surface area (TPSA) is 83.8 Å². The summed E-state index contributed by atoms with van der Waals surface area (Å²) in [5.41, 5.74) is 4.09. The van der Waals surface area contributed by atoms with Gasteiger partial charge >= 0.3 is 0 Å². The zero-order chi connectivity index (χ0) is 25.3. The zero-order valence-corrected chi connectivity index (χ0v) is 22.6. The largest absolute Gasteiger partial charge is 0.487 e. The molecule has 2 fully saturated rings. The fourth-order valence-electron chi connectivity index (χ4n) is 6.15. The lowest BCUT2D eigenvalue weighted by Gasteiger charge is -2.42. The van der Waals surface area contributed by atoms with Gasteiger partial charge in [0.1, 0.15) is 0 Å². The lowest BCUT2D eigenvalue weighted by molar-refractivity contribution is 0.0609. The second-order valence-electron chi connectivity index (χ2n) is 11.7. The molecule has 2 saturated carbocycles. The molecule has 5 atom stereocenters. The van der Waals surface area contributed by atoms with E-state index in [4.69, 9.17) is 4.74 Å². The van der Waals surface area contributed by atoms with Gasteiger partial charge in [-0.25, -0.2) is 8.42 Å². The molecule has 0 amide bonds. The summed E-state index contributed by atoms with van der Waals surface area (Å²) < 4.78 is 30.1. The summed E-state index contributed by atoms with van der Waals surface area (Å²) in [7, 11) is -2.08. The van der Waals surface area contributed by atoms with E-state index in [0.717, 1.165) is 31.3 Å². The van der Waals surface area contributed by atoms with Crippen LogP contribution in [0.4, 0.5) is 0 Å². The van der Waals surface area contributed by atoms with Crippen LogP contribution in [-0.2, 0) is 14.6 Å². The van der Waals surface area contributed by atoms with Crippen LogP contribution < -0.4 is 0 Å². The van der Waals surface area contributed by atoms with Crippen molar-refractivity contribution >= 4 is 9.84 Å². The van der Waals surface area contributed by atoms with Gasteiger partial charge in [-0.05, 0) is 95.5 Å². The van der Waals surface area contributed by atoms with Crippen molar-refractivity contribution < 1.29 is 23.4 Å². The number of sulfone groups is 1. The molecule has 0 aromatic carbocycles. The number of hydrogen-bond donors (Lipinski definition) is 2. The van der Waals surface area contributed by atoms with E-state index >= 15 is 0 Å². The molecule has 0 aromatic heterocycles. The number of aliphatic hydroxyl groups is 2. The van der Waals surface area contributed by atoms with Gasteiger partial charge in [0.25, 0.3) is 0 Å². The van der Waals surface area contributed by atoms with E-state index in [0.29, 0.717) is 31.6 Å². The van der Waals surface area contributed by atoms with Gasteiger partial charge in [-0.1, -0.05) is 48.8 Å². The lowest BCUT2D eigenvalue weighted by Crippen LogP contribution is -2.32. The molecule has 3 aliphatic carbocycles. The first-order chi connectivity index (χ1) is 15.8. The molecule has 3 aliphatic rings. The van der Waals surface area contributed by atoms with Crippen molar-refractivity contribution in [1.82, 2.24) is 0 Å². The number of ether oxygens (including phenoxy) is 1. The molecule has 2 N–H and O–H groups in total. The first-order valence-corrected chi connectivity index (χ1v) is 14.2. The predicted octanol–water partition coefficient (Wildman–Crippen LogP) is 5.61. The summed E-state index contributed by atoms with van der Waals surface area (Å²) in [5.74, 6) is 0.690. The maximum absolute atomic E-state index is 12.8. The fraction of sp³-hybridized carbons (Fsp3) is 0.714. The minimum Gasteiger partial charge on any atom is -0.487 e. The maximum Gasteiger partial charge on any atom is 0.215 e. The number of hydrogen-bond acceptors (Lipinski definition) is 5. The molecule has 0 spiro atoms. The van der Waals surface area contributed by atoms with E-state index in [1.165, 1.54) is 18.3 Å². The van der Waals surface area contributed by atoms with E-state index in [2.05, 4.69) is 32.1 Å². The SMILES string of the molecule is CO/C(=C\C[C@@H](C)C1=CC[C@H]2/C(=C/C=C3CC(O)CC(O)C3)CCC[C@]12C)S(=O)(=O)C(C)(C)C. The van der Waals surface area contributed by atoms with Crippen molar-refractivity contribution in [2.45, 2.75) is 103 Å². The van der Waals surface area contributed by atoms with Gasteiger partial charge < -0.3 is 14.9 Å². The third kappa shape index (κ3) is 5.55. The van der Waals surface area contributed by atoms with E-state index < -0.39 is 26.8 Å². The van der Waals surface area contributed by atoms with Crippen LogP contribution in [-0.4, -0.2) is 42.7 Å². The third-order valence-corrected chi connectivity index (χ3v) is 10.6. The van der Waals surface area contributed by atoms with Crippen molar-refractivity contribution in [1.29, 1.82) is 0 Å². The molecule has 0 radical (unpaired) electrons. The highest BCUT2D eigenvalue weighted by atomic mass is 32.2. The average Bonchev–Trinajstić information content (AvgIpc) is 3.08. The van der Waals surface area contributed by atoms with Crippen LogP contribution in [0, 0.1) is 17.3 Å². The van der Waals surface area contributed by atoms with Crippen LogP contribution in [0.3, 0.4) is 0 Å². The summed E-state index contributed by atoms with van der Waals surface area (Å²) in [6.07, 6.45) is 14.4. The van der Waals surface area contributed by atoms with Gasteiger partial charge in [0.15, 0.2) is 0 Å². The highest BCUT2D eigenvalue weighted by Crippen LogP contribution is 2.57. The van der Waals surface area contributed by atoms with Gasteiger partial charge in [-0.2, -0.15) is 0 Å². The number of methoxy groups -OCH3 is 1. The minimum atomic E-state index is -3.51. The predicted molar refractivity (Wildman–Crippen MR) is 138 cm³/mol. The number of fused-ring (bicyclic) bond motifs is 1. The second kappa shape index (κ2) is 10.3. The molecular weight excluding hydrogens is 448 g/mol. The van der Waals surface area contributed by atoms with Crippen LogP contribution in [0.2, 0.25) is 0 Å². The molecule has 2 unspecified atom stereocenters. The van der Waals surface area contributed by atoms with Gasteiger partial charge in [0.05, 0.1) is 24.1 Å². The highest BCUT2D eigenvalue weighted by molar-refractivity contribution is 7.96. The van der Waals surface area contributed by atoms with Crippen LogP contribution in [0.1, 0.15) is 86.0 Å². The van der Waals surface area contributed by atoms with Crippen LogP contribution in [0.5, 0.6) is 0 Å². The molecule has 0 aromatic rings. The van der Waals surface area contributed by atoms with Gasteiger partial charge in [-0.3, -0.25) is 0 Å². The zero-order valence-electron chi connectivity index (χ0n) is 21.8.